The molecular formula is C6H6NO. The van der Waals surface area contributed by atoms with Gasteiger partial charge in [-0.1, -0.05) is 0 Å². The van der Waals surface area contributed by atoms with Crippen LogP contribution in [-0.2, 0) is 0 Å². The molecule has 1 heterocycles. The molecule has 0 bridgehead atoms. The molecule has 0 atom stereocenters. The molecular weight excluding hydrogens is 102 g/mol. The van der Waals surface area contributed by atoms with E-state index in [9.17, 15) is 4.79 Å². The van der Waals surface area contributed by atoms with Crippen molar-refractivity contribution in [2.75, 3.05) is 0 Å². The Morgan fingerprint density at radius 2 is 2.50 bits per heavy atom. The number of aromatic amines is 1. The van der Waals surface area contributed by atoms with Crippen molar-refractivity contribution in [2.24, 2.45) is 0 Å². The number of aromatic nitrogens is 1. The first-order valence-corrected chi connectivity index (χ1v) is 2.36. The first-order chi connectivity index (χ1) is 3.79. The third-order valence-corrected chi connectivity index (χ3v) is 0.858. The van der Waals surface area contributed by atoms with Gasteiger partial charge in [-0.2, -0.15) is 0 Å². The van der Waals surface area contributed by atoms with E-state index in [1.54, 1.807) is 12.3 Å². The molecule has 0 aliphatic heterocycles. The van der Waals surface area contributed by atoms with Crippen molar-refractivity contribution in [2.45, 2.75) is 6.92 Å². The number of hydrogen-bond donors (Lipinski definition) is 1. The molecule has 1 radical (unpaired) electrons. The van der Waals surface area contributed by atoms with Gasteiger partial charge in [0.05, 0.1) is 6.07 Å². The Morgan fingerprint density at radius 3 is 2.88 bits per heavy atom. The molecule has 8 heavy (non-hydrogen) atoms. The van der Waals surface area contributed by atoms with Crippen LogP contribution in [0.25, 0.3) is 0 Å². The second kappa shape index (κ2) is 1.82. The van der Waals surface area contributed by atoms with Gasteiger partial charge >= 0.3 is 0 Å². The van der Waals surface area contributed by atoms with E-state index in [0.29, 0.717) is 0 Å². The summed E-state index contributed by atoms with van der Waals surface area (Å²) >= 11 is 0. The van der Waals surface area contributed by atoms with Crippen molar-refractivity contribution in [3.63, 3.8) is 0 Å². The first kappa shape index (κ1) is 5.09. The third kappa shape index (κ3) is 0.964. The fraction of sp³-hybridized carbons (Fsp3) is 0.167. The Morgan fingerprint density at radius 1 is 1.75 bits per heavy atom. The standard InChI is InChI=1S/C6H6NO/c1-5-2-3-7-6(8)4-5/h2-3H,1H3,(H,7,8). The SMILES string of the molecule is Cc1[c]c(=O)[nH]cc1. The Kier molecular flexibility index (Phi) is 1.16. The molecule has 0 aromatic carbocycles. The smallest absolute Gasteiger partial charge is 0.256 e. The molecule has 2 nitrogen and oxygen atoms in total. The highest BCUT2D eigenvalue weighted by molar-refractivity contribution is 5.04. The van der Waals surface area contributed by atoms with Crippen LogP contribution in [0.15, 0.2) is 17.1 Å². The highest BCUT2D eigenvalue weighted by Crippen LogP contribution is 1.83. The minimum Gasteiger partial charge on any atom is -0.329 e. The van der Waals surface area contributed by atoms with E-state index in [-0.39, 0.29) is 5.56 Å². The normalized spacial score (nSPS) is 9.12. The van der Waals surface area contributed by atoms with Crippen LogP contribution in [0.3, 0.4) is 0 Å². The Hall–Kier alpha value is -1.05. The Bertz CT molecular complexity index is 226. The van der Waals surface area contributed by atoms with Crippen molar-refractivity contribution in [1.82, 2.24) is 4.98 Å². The van der Waals surface area contributed by atoms with Gasteiger partial charge in [-0.25, -0.2) is 0 Å². The first-order valence-electron chi connectivity index (χ1n) is 2.36. The molecule has 1 N–H and O–H groups in total. The minimum absolute atomic E-state index is 0.162. The van der Waals surface area contributed by atoms with Crippen molar-refractivity contribution in [3.8, 4) is 0 Å². The van der Waals surface area contributed by atoms with Crippen LogP contribution < -0.4 is 5.56 Å². The maximum atomic E-state index is 10.4. The van der Waals surface area contributed by atoms with Gasteiger partial charge in [0.15, 0.2) is 0 Å². The lowest BCUT2D eigenvalue weighted by atomic mass is 10.3. The highest BCUT2D eigenvalue weighted by atomic mass is 16.1. The summed E-state index contributed by atoms with van der Waals surface area (Å²) in [5.41, 5.74) is 0.707. The van der Waals surface area contributed by atoms with E-state index < -0.39 is 0 Å². The fourth-order valence-electron chi connectivity index (χ4n) is 0.499. The lowest BCUT2D eigenvalue weighted by molar-refractivity contribution is 1.20. The van der Waals surface area contributed by atoms with Gasteiger partial charge in [0, 0.05) is 6.20 Å². The molecule has 0 aliphatic rings. The van der Waals surface area contributed by atoms with E-state index in [2.05, 4.69) is 11.1 Å². The fourth-order valence-corrected chi connectivity index (χ4v) is 0.499. The summed E-state index contributed by atoms with van der Waals surface area (Å²) in [6.07, 6.45) is 1.61. The topological polar surface area (TPSA) is 32.9 Å². The molecule has 0 amide bonds. The van der Waals surface area contributed by atoms with Gasteiger partial charge in [0.25, 0.3) is 5.56 Å². The predicted molar refractivity (Wildman–Crippen MR) is 30.6 cm³/mol. The third-order valence-electron chi connectivity index (χ3n) is 0.858. The lowest BCUT2D eigenvalue weighted by Crippen LogP contribution is -2.02. The average Bonchev–Trinajstić information content (AvgIpc) is 1.64. The van der Waals surface area contributed by atoms with Crippen LogP contribution >= 0.6 is 0 Å². The molecule has 1 aromatic heterocycles. The Labute approximate surface area is 47.2 Å². The van der Waals surface area contributed by atoms with E-state index in [1.807, 2.05) is 6.92 Å². The van der Waals surface area contributed by atoms with Gasteiger partial charge in [0.1, 0.15) is 0 Å². The summed E-state index contributed by atoms with van der Waals surface area (Å²) in [4.78, 5) is 12.8. The quantitative estimate of drug-likeness (QED) is 0.515. The van der Waals surface area contributed by atoms with Gasteiger partial charge < -0.3 is 4.98 Å². The molecule has 0 unspecified atom stereocenters. The maximum absolute atomic E-state index is 10.4. The zero-order valence-corrected chi connectivity index (χ0v) is 4.56. The second-order valence-corrected chi connectivity index (χ2v) is 1.61. The number of nitrogens with one attached hydrogen (secondary N) is 1. The van der Waals surface area contributed by atoms with Gasteiger partial charge in [-0.05, 0) is 18.6 Å². The predicted octanol–water partition coefficient (Wildman–Crippen LogP) is 0.484. The van der Waals surface area contributed by atoms with E-state index in [0.717, 1.165) is 5.56 Å². The zero-order valence-electron chi connectivity index (χ0n) is 4.56. The number of H-pyrrole nitrogens is 1. The van der Waals surface area contributed by atoms with E-state index in [4.69, 9.17) is 0 Å². The van der Waals surface area contributed by atoms with Crippen LogP contribution in [0, 0.1) is 13.0 Å². The van der Waals surface area contributed by atoms with Gasteiger partial charge in [-0.3, -0.25) is 4.79 Å². The zero-order chi connectivity index (χ0) is 5.98. The molecule has 1 rings (SSSR count). The molecule has 0 aliphatic carbocycles. The molecule has 41 valence electrons. The molecule has 0 saturated heterocycles. The highest BCUT2D eigenvalue weighted by Gasteiger charge is 1.81. The summed E-state index contributed by atoms with van der Waals surface area (Å²) in [5.74, 6) is 0. The number of aryl methyl sites for hydroxylation is 1. The minimum atomic E-state index is -0.162. The van der Waals surface area contributed by atoms with Gasteiger partial charge in [0.2, 0.25) is 0 Å². The number of rotatable bonds is 0. The summed E-state index contributed by atoms with van der Waals surface area (Å²) in [7, 11) is 0. The van der Waals surface area contributed by atoms with Crippen LogP contribution in [0.4, 0.5) is 0 Å². The molecule has 0 saturated carbocycles. The van der Waals surface area contributed by atoms with Crippen LogP contribution in [0.5, 0.6) is 0 Å². The summed E-state index contributed by atoms with van der Waals surface area (Å²) in [6.45, 7) is 1.83. The van der Waals surface area contributed by atoms with Crippen LogP contribution in [0.1, 0.15) is 5.56 Å². The van der Waals surface area contributed by atoms with Crippen LogP contribution in [0.2, 0.25) is 0 Å². The van der Waals surface area contributed by atoms with Gasteiger partial charge in [-0.15, -0.1) is 0 Å². The summed E-state index contributed by atoms with van der Waals surface area (Å²) in [5, 5.41) is 0. The molecule has 0 spiro atoms. The molecule has 1 aromatic rings. The average molecular weight is 108 g/mol. The summed E-state index contributed by atoms with van der Waals surface area (Å²) < 4.78 is 0. The van der Waals surface area contributed by atoms with Crippen molar-refractivity contribution in [1.29, 1.82) is 0 Å². The van der Waals surface area contributed by atoms with E-state index >= 15 is 0 Å². The maximum Gasteiger partial charge on any atom is 0.256 e. The Balaban J connectivity index is 3.28. The monoisotopic (exact) mass is 108 g/mol. The largest absolute Gasteiger partial charge is 0.329 e. The van der Waals surface area contributed by atoms with Crippen molar-refractivity contribution < 1.29 is 0 Å². The van der Waals surface area contributed by atoms with Crippen molar-refractivity contribution >= 4 is 0 Å². The summed E-state index contributed by atoms with van der Waals surface area (Å²) in [6, 6.07) is 4.35. The lowest BCUT2D eigenvalue weighted by Gasteiger charge is -1.82. The number of pyridine rings is 1. The molecule has 0 fully saturated rings. The van der Waals surface area contributed by atoms with Crippen molar-refractivity contribution in [3.05, 3.63) is 34.2 Å². The van der Waals surface area contributed by atoms with Crippen LogP contribution in [-0.4, -0.2) is 4.98 Å². The van der Waals surface area contributed by atoms with E-state index in [1.165, 1.54) is 0 Å². The number of hydrogen-bond acceptors (Lipinski definition) is 1. The molecule has 2 heteroatoms. The second-order valence-electron chi connectivity index (χ2n) is 1.61.